The Labute approximate surface area is 120 Å². The average Bonchev–Trinajstić information content (AvgIpc) is 2.49. The van der Waals surface area contributed by atoms with Crippen LogP contribution in [0, 0.1) is 0 Å². The molecule has 0 bridgehead atoms. The fourth-order valence-corrected chi connectivity index (χ4v) is 2.00. The zero-order valence-corrected chi connectivity index (χ0v) is 12.2. The van der Waals surface area contributed by atoms with E-state index in [4.69, 9.17) is 9.47 Å². The van der Waals surface area contributed by atoms with E-state index in [9.17, 15) is 0 Å². The van der Waals surface area contributed by atoms with Gasteiger partial charge in [-0.2, -0.15) is 0 Å². The summed E-state index contributed by atoms with van der Waals surface area (Å²) in [5, 5.41) is 3.31. The first-order valence-electron chi connectivity index (χ1n) is 7.37. The molecule has 0 aliphatic carbocycles. The van der Waals surface area contributed by atoms with Crippen LogP contribution in [0.2, 0.25) is 0 Å². The van der Waals surface area contributed by atoms with Gasteiger partial charge in [-0.3, -0.25) is 4.90 Å². The molecule has 2 rings (SSSR count). The van der Waals surface area contributed by atoms with Crippen LogP contribution < -0.4 is 10.1 Å². The third kappa shape index (κ3) is 5.30. The van der Waals surface area contributed by atoms with Crippen molar-refractivity contribution < 1.29 is 9.47 Å². The molecule has 0 radical (unpaired) electrons. The van der Waals surface area contributed by atoms with E-state index in [0.717, 1.165) is 58.1 Å². The number of anilines is 1. The molecule has 20 heavy (non-hydrogen) atoms. The zero-order valence-electron chi connectivity index (χ0n) is 12.2. The first kappa shape index (κ1) is 15.0. The van der Waals surface area contributed by atoms with Gasteiger partial charge in [0.2, 0.25) is 5.88 Å². The Kier molecular flexibility index (Phi) is 6.53. The average molecular weight is 280 g/mol. The molecule has 0 amide bonds. The van der Waals surface area contributed by atoms with E-state index in [1.54, 1.807) is 6.33 Å². The number of unbranched alkanes of at least 4 members (excludes halogenated alkanes) is 1. The summed E-state index contributed by atoms with van der Waals surface area (Å²) in [5.74, 6) is 1.46. The summed E-state index contributed by atoms with van der Waals surface area (Å²) in [6.07, 6.45) is 3.71. The molecule has 0 atom stereocenters. The highest BCUT2D eigenvalue weighted by atomic mass is 16.5. The van der Waals surface area contributed by atoms with Crippen LogP contribution in [0.25, 0.3) is 0 Å². The van der Waals surface area contributed by atoms with Gasteiger partial charge < -0.3 is 14.8 Å². The molecular weight excluding hydrogens is 256 g/mol. The summed E-state index contributed by atoms with van der Waals surface area (Å²) in [6, 6.07) is 1.86. The number of rotatable bonds is 8. The van der Waals surface area contributed by atoms with Crippen LogP contribution >= 0.6 is 0 Å². The second-order valence-electron chi connectivity index (χ2n) is 4.82. The predicted molar refractivity (Wildman–Crippen MR) is 78.2 cm³/mol. The van der Waals surface area contributed by atoms with Gasteiger partial charge in [0.25, 0.3) is 0 Å². The summed E-state index contributed by atoms with van der Waals surface area (Å²) in [6.45, 7) is 8.41. The van der Waals surface area contributed by atoms with Crippen LogP contribution in [0.3, 0.4) is 0 Å². The first-order chi connectivity index (χ1) is 9.88. The van der Waals surface area contributed by atoms with Crippen LogP contribution in [-0.4, -0.2) is 60.9 Å². The van der Waals surface area contributed by atoms with Gasteiger partial charge >= 0.3 is 0 Å². The van der Waals surface area contributed by atoms with Crippen molar-refractivity contribution in [2.24, 2.45) is 0 Å². The van der Waals surface area contributed by atoms with Crippen molar-refractivity contribution in [3.63, 3.8) is 0 Å². The van der Waals surface area contributed by atoms with E-state index in [1.165, 1.54) is 0 Å². The van der Waals surface area contributed by atoms with E-state index in [2.05, 4.69) is 27.1 Å². The third-order valence-electron chi connectivity index (χ3n) is 3.23. The van der Waals surface area contributed by atoms with Crippen molar-refractivity contribution in [2.45, 2.75) is 19.8 Å². The number of ether oxygens (including phenoxy) is 2. The molecule has 1 aliphatic rings. The van der Waals surface area contributed by atoms with E-state index < -0.39 is 0 Å². The van der Waals surface area contributed by atoms with Gasteiger partial charge in [0.15, 0.2) is 0 Å². The lowest BCUT2D eigenvalue weighted by Gasteiger charge is -2.26. The maximum absolute atomic E-state index is 5.57. The second-order valence-corrected chi connectivity index (χ2v) is 4.82. The van der Waals surface area contributed by atoms with Gasteiger partial charge in [0, 0.05) is 32.2 Å². The standard InChI is InChI=1S/C14H24N4O2/c1-2-3-8-20-14-11-13(16-12-17-14)15-4-5-18-6-9-19-10-7-18/h11-12H,2-10H2,1H3,(H,15,16,17). The molecule has 6 heteroatoms. The summed E-state index contributed by atoms with van der Waals surface area (Å²) >= 11 is 0. The summed E-state index contributed by atoms with van der Waals surface area (Å²) in [4.78, 5) is 10.7. The Bertz CT molecular complexity index is 383. The molecule has 0 saturated carbocycles. The third-order valence-corrected chi connectivity index (χ3v) is 3.23. The Balaban J connectivity index is 1.70. The number of aromatic nitrogens is 2. The second kappa shape index (κ2) is 8.71. The lowest BCUT2D eigenvalue weighted by molar-refractivity contribution is 0.0398. The molecular formula is C14H24N4O2. The summed E-state index contributed by atoms with van der Waals surface area (Å²) in [5.41, 5.74) is 0. The molecule has 0 unspecified atom stereocenters. The molecule has 1 saturated heterocycles. The molecule has 1 N–H and O–H groups in total. The molecule has 0 aromatic carbocycles. The van der Waals surface area contributed by atoms with Gasteiger partial charge in [-0.15, -0.1) is 0 Å². The molecule has 1 aromatic rings. The highest BCUT2D eigenvalue weighted by Gasteiger charge is 2.09. The maximum atomic E-state index is 5.57. The van der Waals surface area contributed by atoms with Crippen molar-refractivity contribution in [1.82, 2.24) is 14.9 Å². The molecule has 1 fully saturated rings. The van der Waals surface area contributed by atoms with Crippen LogP contribution in [0.4, 0.5) is 5.82 Å². The highest BCUT2D eigenvalue weighted by molar-refractivity contribution is 5.36. The molecule has 6 nitrogen and oxygen atoms in total. The van der Waals surface area contributed by atoms with Gasteiger partial charge in [-0.25, -0.2) is 9.97 Å². The van der Waals surface area contributed by atoms with Crippen LogP contribution in [0.1, 0.15) is 19.8 Å². The molecule has 1 aromatic heterocycles. The van der Waals surface area contributed by atoms with Gasteiger partial charge in [0.05, 0.1) is 19.8 Å². The fourth-order valence-electron chi connectivity index (χ4n) is 2.00. The van der Waals surface area contributed by atoms with Crippen molar-refractivity contribution in [1.29, 1.82) is 0 Å². The van der Waals surface area contributed by atoms with Gasteiger partial charge in [0.1, 0.15) is 12.1 Å². The normalized spacial score (nSPS) is 16.1. The zero-order chi connectivity index (χ0) is 14.0. The Morgan fingerprint density at radius 2 is 2.20 bits per heavy atom. The van der Waals surface area contributed by atoms with Gasteiger partial charge in [-0.1, -0.05) is 13.3 Å². The van der Waals surface area contributed by atoms with Crippen LogP contribution in [-0.2, 0) is 4.74 Å². The summed E-state index contributed by atoms with van der Waals surface area (Å²) < 4.78 is 10.9. The number of morpholine rings is 1. The minimum absolute atomic E-state index is 0.641. The number of hydrogen-bond acceptors (Lipinski definition) is 6. The van der Waals surface area contributed by atoms with E-state index in [-0.39, 0.29) is 0 Å². The Morgan fingerprint density at radius 1 is 1.35 bits per heavy atom. The van der Waals surface area contributed by atoms with E-state index >= 15 is 0 Å². The lowest BCUT2D eigenvalue weighted by atomic mass is 10.4. The predicted octanol–water partition coefficient (Wildman–Crippen LogP) is 1.40. The van der Waals surface area contributed by atoms with E-state index in [0.29, 0.717) is 12.5 Å². The van der Waals surface area contributed by atoms with E-state index in [1.807, 2.05) is 6.07 Å². The maximum Gasteiger partial charge on any atom is 0.218 e. The SMILES string of the molecule is CCCCOc1cc(NCCN2CCOCC2)ncn1. The molecule has 112 valence electrons. The van der Waals surface area contributed by atoms with Crippen molar-refractivity contribution >= 4 is 5.82 Å². The first-order valence-corrected chi connectivity index (χ1v) is 7.37. The van der Waals surface area contributed by atoms with Crippen LogP contribution in [0.5, 0.6) is 5.88 Å². The van der Waals surface area contributed by atoms with Crippen LogP contribution in [0.15, 0.2) is 12.4 Å². The monoisotopic (exact) mass is 280 g/mol. The number of nitrogens with zero attached hydrogens (tertiary/aromatic N) is 3. The summed E-state index contributed by atoms with van der Waals surface area (Å²) in [7, 11) is 0. The number of nitrogens with one attached hydrogen (secondary N) is 1. The topological polar surface area (TPSA) is 59.5 Å². The Morgan fingerprint density at radius 3 is 3.00 bits per heavy atom. The molecule has 1 aliphatic heterocycles. The number of hydrogen-bond donors (Lipinski definition) is 1. The minimum Gasteiger partial charge on any atom is -0.478 e. The smallest absolute Gasteiger partial charge is 0.218 e. The fraction of sp³-hybridized carbons (Fsp3) is 0.714. The van der Waals surface area contributed by atoms with Crippen molar-refractivity contribution in [3.8, 4) is 5.88 Å². The van der Waals surface area contributed by atoms with Gasteiger partial charge in [-0.05, 0) is 6.42 Å². The lowest BCUT2D eigenvalue weighted by Crippen LogP contribution is -2.39. The van der Waals surface area contributed by atoms with Crippen molar-refractivity contribution in [3.05, 3.63) is 12.4 Å². The van der Waals surface area contributed by atoms with Crippen molar-refractivity contribution in [2.75, 3.05) is 51.3 Å². The highest BCUT2D eigenvalue weighted by Crippen LogP contribution is 2.11. The Hall–Kier alpha value is -1.40. The molecule has 0 spiro atoms. The largest absolute Gasteiger partial charge is 0.478 e. The minimum atomic E-state index is 0.641. The molecule has 2 heterocycles. The quantitative estimate of drug-likeness (QED) is 0.726.